The van der Waals surface area contributed by atoms with Gasteiger partial charge < -0.3 is 0 Å². The van der Waals surface area contributed by atoms with Crippen molar-refractivity contribution >= 4 is 0 Å². The zero-order valence-electron chi connectivity index (χ0n) is 3.79. The standard InChI is InChI=1S/C4H10I/c1-3-4-5-2/h3-4H2,1-2H3/q+1. The first-order valence-corrected chi connectivity index (χ1v) is 5.54. The van der Waals surface area contributed by atoms with Gasteiger partial charge in [-0.15, -0.1) is 0 Å². The summed E-state index contributed by atoms with van der Waals surface area (Å²) in [6.07, 6.45) is 1.39. The number of alkyl halides is 2. The van der Waals surface area contributed by atoms with Crippen LogP contribution >= 0.6 is 0 Å². The molecule has 0 unspecified atom stereocenters. The van der Waals surface area contributed by atoms with Gasteiger partial charge in [-0.2, -0.15) is 0 Å². The van der Waals surface area contributed by atoms with E-state index in [1.54, 1.807) is 0 Å². The van der Waals surface area contributed by atoms with Gasteiger partial charge in [0.2, 0.25) is 0 Å². The molecule has 0 atom stereocenters. The summed E-state index contributed by atoms with van der Waals surface area (Å²) in [6, 6.07) is 0. The van der Waals surface area contributed by atoms with Gasteiger partial charge in [-0.05, 0) is 6.42 Å². The first-order chi connectivity index (χ1) is 2.41. The normalized spacial score (nSPS) is 8.40. The third-order valence-corrected chi connectivity index (χ3v) is 2.54. The third kappa shape index (κ3) is 4.73. The molecule has 0 bridgehead atoms. The Morgan fingerprint density at radius 2 is 2.20 bits per heavy atom. The van der Waals surface area contributed by atoms with E-state index in [0.717, 1.165) is 0 Å². The smallest absolute Gasteiger partial charge is 0.0614 e. The molecule has 0 amide bonds. The summed E-state index contributed by atoms with van der Waals surface area (Å²) in [5.74, 6) is 0. The molecule has 0 aliphatic rings. The van der Waals surface area contributed by atoms with E-state index >= 15 is 0 Å². The van der Waals surface area contributed by atoms with E-state index in [9.17, 15) is 0 Å². The molecule has 0 aliphatic carbocycles. The van der Waals surface area contributed by atoms with Crippen molar-refractivity contribution in [3.8, 4) is 0 Å². The maximum atomic E-state index is 2.32. The summed E-state index contributed by atoms with van der Waals surface area (Å²) in [5.41, 5.74) is 0. The van der Waals surface area contributed by atoms with E-state index in [1.165, 1.54) is 10.8 Å². The van der Waals surface area contributed by atoms with E-state index < -0.39 is 0 Å². The van der Waals surface area contributed by atoms with Crippen molar-refractivity contribution in [1.29, 1.82) is 0 Å². The van der Waals surface area contributed by atoms with Crippen molar-refractivity contribution < 1.29 is 21.2 Å². The Morgan fingerprint density at radius 3 is 2.20 bits per heavy atom. The molecular formula is C4H10I+. The largest absolute Gasteiger partial charge is 0.265 e. The van der Waals surface area contributed by atoms with Crippen molar-refractivity contribution in [2.24, 2.45) is 0 Å². The Balaban J connectivity index is 2.19. The molecule has 0 rings (SSSR count). The number of hydrogen-bond acceptors (Lipinski definition) is 0. The molecule has 0 aromatic heterocycles. The van der Waals surface area contributed by atoms with Gasteiger partial charge in [-0.1, -0.05) is 6.92 Å². The fraction of sp³-hybridized carbons (Fsp3) is 1.00. The van der Waals surface area contributed by atoms with Crippen molar-refractivity contribution in [1.82, 2.24) is 0 Å². The molecular weight excluding hydrogens is 175 g/mol. The molecule has 0 radical (unpaired) electrons. The van der Waals surface area contributed by atoms with Gasteiger partial charge in [0, 0.05) is 0 Å². The van der Waals surface area contributed by atoms with E-state index in [2.05, 4.69) is 11.9 Å². The Kier molecular flexibility index (Phi) is 5.42. The second-order valence-electron chi connectivity index (χ2n) is 0.956. The van der Waals surface area contributed by atoms with E-state index in [-0.39, 0.29) is 0 Å². The highest BCUT2D eigenvalue weighted by molar-refractivity contribution is 4.09. The second-order valence-corrected chi connectivity index (χ2v) is 3.56. The highest BCUT2D eigenvalue weighted by atomic mass is 127. The Hall–Kier alpha value is 0.730. The molecule has 0 nitrogen and oxygen atoms in total. The minimum atomic E-state index is 0.607. The second kappa shape index (κ2) is 4.73. The molecule has 0 fully saturated rings. The summed E-state index contributed by atoms with van der Waals surface area (Å²) in [4.78, 5) is 2.32. The first-order valence-electron chi connectivity index (χ1n) is 1.85. The molecule has 0 spiro atoms. The molecule has 0 aliphatic heterocycles. The zero-order chi connectivity index (χ0) is 4.12. The first kappa shape index (κ1) is 5.73. The van der Waals surface area contributed by atoms with Crippen LogP contribution in [0.5, 0.6) is 0 Å². The van der Waals surface area contributed by atoms with Crippen molar-refractivity contribution in [2.45, 2.75) is 13.3 Å². The van der Waals surface area contributed by atoms with Gasteiger partial charge in [0.25, 0.3) is 21.2 Å². The highest BCUT2D eigenvalue weighted by Crippen LogP contribution is 1.54. The molecule has 0 N–H and O–H groups in total. The van der Waals surface area contributed by atoms with Gasteiger partial charge in [0.1, 0.15) is 9.36 Å². The van der Waals surface area contributed by atoms with Crippen LogP contribution in [0.2, 0.25) is 0 Å². The quantitative estimate of drug-likeness (QED) is 0.348. The maximum absolute atomic E-state index is 2.32. The molecule has 0 aromatic carbocycles. The minimum absolute atomic E-state index is 0.607. The molecule has 0 saturated carbocycles. The van der Waals surface area contributed by atoms with Crippen LogP contribution in [0.1, 0.15) is 13.3 Å². The Bertz CT molecular complexity index is 11.1. The topological polar surface area (TPSA) is 0 Å². The molecule has 1 heteroatoms. The summed E-state index contributed by atoms with van der Waals surface area (Å²) >= 11 is 0.607. The van der Waals surface area contributed by atoms with Crippen molar-refractivity contribution in [3.05, 3.63) is 0 Å². The lowest BCUT2D eigenvalue weighted by Crippen LogP contribution is -3.61. The van der Waals surface area contributed by atoms with Gasteiger partial charge in [0.15, 0.2) is 0 Å². The predicted molar refractivity (Wildman–Crippen MR) is 21.1 cm³/mol. The maximum Gasteiger partial charge on any atom is 0.265 e. The Morgan fingerprint density at radius 1 is 1.60 bits per heavy atom. The summed E-state index contributed by atoms with van der Waals surface area (Å²) in [7, 11) is 0. The van der Waals surface area contributed by atoms with Crippen LogP contribution in [0.4, 0.5) is 0 Å². The van der Waals surface area contributed by atoms with Crippen molar-refractivity contribution in [2.75, 3.05) is 9.36 Å². The highest BCUT2D eigenvalue weighted by Gasteiger charge is 1.86. The number of hydrogen-bond donors (Lipinski definition) is 0. The lowest BCUT2D eigenvalue weighted by molar-refractivity contribution is -0.626. The average Bonchev–Trinajstić information content (AvgIpc) is 1.41. The van der Waals surface area contributed by atoms with Gasteiger partial charge >= 0.3 is 0 Å². The van der Waals surface area contributed by atoms with Crippen LogP contribution in [0, 0.1) is 0 Å². The van der Waals surface area contributed by atoms with Crippen LogP contribution in [-0.2, 0) is 0 Å². The number of rotatable bonds is 2. The summed E-state index contributed by atoms with van der Waals surface area (Å²) in [5, 5.41) is 0. The average molecular weight is 185 g/mol. The monoisotopic (exact) mass is 185 g/mol. The fourth-order valence-corrected chi connectivity index (χ4v) is 1.27. The van der Waals surface area contributed by atoms with Crippen LogP contribution in [0.15, 0.2) is 0 Å². The van der Waals surface area contributed by atoms with Gasteiger partial charge in [-0.3, -0.25) is 0 Å². The van der Waals surface area contributed by atoms with Crippen LogP contribution in [0.3, 0.4) is 0 Å². The lowest BCUT2D eigenvalue weighted by Gasteiger charge is -1.63. The summed E-state index contributed by atoms with van der Waals surface area (Å²) < 4.78 is 1.50. The minimum Gasteiger partial charge on any atom is -0.0614 e. The summed E-state index contributed by atoms with van der Waals surface area (Å²) in [6.45, 7) is 2.24. The van der Waals surface area contributed by atoms with E-state index in [1.807, 2.05) is 0 Å². The third-order valence-electron chi connectivity index (χ3n) is 0.378. The number of halogens is 1. The molecule has 0 heterocycles. The molecule has 0 saturated heterocycles. The molecule has 0 aromatic rings. The van der Waals surface area contributed by atoms with Gasteiger partial charge in [-0.25, -0.2) is 0 Å². The SMILES string of the molecule is CCC[I+]C. The van der Waals surface area contributed by atoms with Crippen LogP contribution in [-0.4, -0.2) is 9.36 Å². The van der Waals surface area contributed by atoms with E-state index in [0.29, 0.717) is 21.2 Å². The lowest BCUT2D eigenvalue weighted by atomic mass is 10.6. The Labute approximate surface area is 44.2 Å². The fourth-order valence-electron chi connectivity index (χ4n) is 0.189. The van der Waals surface area contributed by atoms with Crippen LogP contribution in [0.25, 0.3) is 0 Å². The molecule has 5 heavy (non-hydrogen) atoms. The van der Waals surface area contributed by atoms with Crippen LogP contribution < -0.4 is 21.2 Å². The zero-order valence-corrected chi connectivity index (χ0v) is 5.95. The van der Waals surface area contributed by atoms with Gasteiger partial charge in [0.05, 0.1) is 0 Å². The van der Waals surface area contributed by atoms with E-state index in [4.69, 9.17) is 0 Å². The molecule has 32 valence electrons. The van der Waals surface area contributed by atoms with Crippen molar-refractivity contribution in [3.63, 3.8) is 0 Å². The predicted octanol–water partition coefficient (Wildman–Crippen LogP) is -1.88.